The van der Waals surface area contributed by atoms with Crippen molar-refractivity contribution < 1.29 is 28.6 Å². The third kappa shape index (κ3) is 7.64. The molecule has 1 N–H and O–H groups in total. The molecule has 0 radical (unpaired) electrons. The smallest absolute Gasteiger partial charge is 0.410 e. The van der Waals surface area contributed by atoms with Crippen LogP contribution in [0.3, 0.4) is 0 Å². The summed E-state index contributed by atoms with van der Waals surface area (Å²) in [7, 11) is 1.71. The van der Waals surface area contributed by atoms with Gasteiger partial charge in [0.2, 0.25) is 5.91 Å². The molecule has 1 saturated heterocycles. The average Bonchev–Trinajstić information content (AvgIpc) is 3.57. The van der Waals surface area contributed by atoms with Crippen LogP contribution >= 0.6 is 0 Å². The minimum absolute atomic E-state index is 0.0845. The van der Waals surface area contributed by atoms with Gasteiger partial charge in [0.05, 0.1) is 26.3 Å². The normalized spacial score (nSPS) is 23.3. The molecular weight excluding hydrogens is 596 g/mol. The van der Waals surface area contributed by atoms with Gasteiger partial charge in [-0.25, -0.2) is 14.8 Å². The Morgan fingerprint density at radius 3 is 2.43 bits per heavy atom. The molecule has 2 saturated carbocycles. The van der Waals surface area contributed by atoms with Gasteiger partial charge in [0, 0.05) is 30.1 Å². The molecule has 3 fully saturated rings. The van der Waals surface area contributed by atoms with Crippen LogP contribution in [0.5, 0.6) is 5.75 Å². The zero-order chi connectivity index (χ0) is 33.1. The molecule has 10 nitrogen and oxygen atoms in total. The number of aryl methyl sites for hydroxylation is 1. The molecule has 1 aromatic carbocycles. The van der Waals surface area contributed by atoms with Crippen molar-refractivity contribution in [1.29, 1.82) is 0 Å². The zero-order valence-corrected chi connectivity index (χ0v) is 28.1. The minimum Gasteiger partial charge on any atom is -0.496 e. The number of aliphatic hydroxyl groups is 1. The molecule has 3 aromatic rings. The summed E-state index contributed by atoms with van der Waals surface area (Å²) in [6, 6.07) is 10.4. The number of aliphatic hydroxyl groups excluding tert-OH is 1. The number of hydrogen-bond donors (Lipinski definition) is 1. The van der Waals surface area contributed by atoms with Gasteiger partial charge in [0.1, 0.15) is 29.6 Å². The van der Waals surface area contributed by atoms with E-state index >= 15 is 0 Å². The maximum atomic E-state index is 14.3. The molecule has 3 heterocycles. The van der Waals surface area contributed by atoms with Crippen LogP contribution in [-0.2, 0) is 9.53 Å². The summed E-state index contributed by atoms with van der Waals surface area (Å²) in [5, 5.41) is 9.52. The van der Waals surface area contributed by atoms with Gasteiger partial charge in [-0.2, -0.15) is 0 Å². The van der Waals surface area contributed by atoms with Gasteiger partial charge in [-0.1, -0.05) is 26.0 Å². The predicted molar refractivity (Wildman–Crippen MR) is 178 cm³/mol. The van der Waals surface area contributed by atoms with E-state index in [1.807, 2.05) is 30.9 Å². The topological polar surface area (TPSA) is 118 Å². The van der Waals surface area contributed by atoms with E-state index < -0.39 is 6.10 Å². The van der Waals surface area contributed by atoms with Gasteiger partial charge in [-0.3, -0.25) is 9.69 Å². The van der Waals surface area contributed by atoms with Crippen LogP contribution in [0.4, 0.5) is 10.6 Å². The maximum absolute atomic E-state index is 14.3. The fraction of sp³-hybridized carbons (Fsp3) is 0.568. The van der Waals surface area contributed by atoms with Crippen LogP contribution in [0.25, 0.3) is 11.3 Å². The molecule has 3 aliphatic rings. The Hall–Kier alpha value is -3.92. The molecule has 1 aliphatic heterocycles. The molecular formula is C37H48N4O6. The Labute approximate surface area is 277 Å². The van der Waals surface area contributed by atoms with Crippen molar-refractivity contribution in [1.82, 2.24) is 14.9 Å². The number of likely N-dealkylation sites (tertiary alicyclic amines) is 1. The Morgan fingerprint density at radius 2 is 1.79 bits per heavy atom. The molecule has 2 amide bonds. The molecule has 0 bridgehead atoms. The van der Waals surface area contributed by atoms with Gasteiger partial charge < -0.3 is 23.9 Å². The summed E-state index contributed by atoms with van der Waals surface area (Å²) in [6.07, 6.45) is 9.19. The van der Waals surface area contributed by atoms with Gasteiger partial charge in [0.25, 0.3) is 0 Å². The number of β-amino-alcohol motifs (C(OH)–C–C–N with tert-alkyl or cyclic N) is 1. The number of benzene rings is 1. The fourth-order valence-corrected chi connectivity index (χ4v) is 7.27. The number of anilines is 1. The predicted octanol–water partition coefficient (Wildman–Crippen LogP) is 6.86. The average molecular weight is 645 g/mol. The van der Waals surface area contributed by atoms with Gasteiger partial charge in [-0.05, 0) is 99.5 Å². The Balaban J connectivity index is 1.15. The van der Waals surface area contributed by atoms with Gasteiger partial charge >= 0.3 is 6.09 Å². The standard InChI is InChI=1S/C37H48N4O6/c1-23(2)35-39-32(22-46-35)29-15-16-38-34(18-29)41(19-25-5-7-26(8-6-25)28-11-14-33(45-4)24(3)17-28)36(43)27-9-12-31(13-10-27)47-37(44)40-20-30(42)21-40/h11,14-18,22-23,25-27,30-31,42H,5-10,12-13,19-21H2,1-4H3. The SMILES string of the molecule is COc1ccc(C2CCC(CN(C(=O)C3CCC(OC(=O)N4CC(O)C4)CC3)c3cc(-c4coc(C(C)C)n4)ccn3)CC2)cc1C. The second-order valence-corrected chi connectivity index (χ2v) is 13.9. The number of methoxy groups -OCH3 is 1. The molecule has 10 heteroatoms. The lowest BCUT2D eigenvalue weighted by Gasteiger charge is -2.38. The van der Waals surface area contributed by atoms with Crippen LogP contribution in [0.15, 0.2) is 47.2 Å². The Bertz CT molecular complexity index is 1530. The van der Waals surface area contributed by atoms with Crippen molar-refractivity contribution in [2.24, 2.45) is 11.8 Å². The van der Waals surface area contributed by atoms with Crippen LogP contribution < -0.4 is 9.64 Å². The summed E-state index contributed by atoms with van der Waals surface area (Å²) >= 11 is 0. The van der Waals surface area contributed by atoms with Crippen LogP contribution in [-0.4, -0.2) is 70.9 Å². The molecule has 6 rings (SSSR count). The number of ether oxygens (including phenoxy) is 2. The Morgan fingerprint density at radius 1 is 1.04 bits per heavy atom. The number of oxazole rings is 1. The third-order valence-electron chi connectivity index (χ3n) is 10.2. The molecule has 0 unspecified atom stereocenters. The second kappa shape index (κ2) is 14.5. The lowest BCUT2D eigenvalue weighted by Crippen LogP contribution is -2.54. The largest absolute Gasteiger partial charge is 0.496 e. The van der Waals surface area contributed by atoms with E-state index in [0.717, 1.165) is 48.3 Å². The molecule has 47 heavy (non-hydrogen) atoms. The first-order valence-electron chi connectivity index (χ1n) is 17.2. The Kier molecular flexibility index (Phi) is 10.2. The molecule has 2 aromatic heterocycles. The summed E-state index contributed by atoms with van der Waals surface area (Å²) < 4.78 is 16.9. The van der Waals surface area contributed by atoms with Crippen LogP contribution in [0.1, 0.15) is 94.1 Å². The van der Waals surface area contributed by atoms with Gasteiger partial charge in [-0.15, -0.1) is 0 Å². The highest BCUT2D eigenvalue weighted by molar-refractivity contribution is 5.94. The highest BCUT2D eigenvalue weighted by atomic mass is 16.6. The fourth-order valence-electron chi connectivity index (χ4n) is 7.27. The van der Waals surface area contributed by atoms with E-state index in [4.69, 9.17) is 18.9 Å². The van der Waals surface area contributed by atoms with Gasteiger partial charge in [0.15, 0.2) is 5.89 Å². The van der Waals surface area contributed by atoms with Crippen LogP contribution in [0, 0.1) is 18.8 Å². The molecule has 0 spiro atoms. The number of hydrogen-bond acceptors (Lipinski definition) is 8. The number of pyridine rings is 1. The first-order chi connectivity index (χ1) is 22.7. The maximum Gasteiger partial charge on any atom is 0.410 e. The van der Waals surface area contributed by atoms with Crippen LogP contribution in [0.2, 0.25) is 0 Å². The summed E-state index contributed by atoms with van der Waals surface area (Å²) in [6.45, 7) is 7.44. The van der Waals surface area contributed by atoms with Crippen molar-refractivity contribution >= 4 is 17.8 Å². The first kappa shape index (κ1) is 33.0. The lowest BCUT2D eigenvalue weighted by atomic mass is 9.78. The second-order valence-electron chi connectivity index (χ2n) is 13.9. The summed E-state index contributed by atoms with van der Waals surface area (Å²) in [4.78, 5) is 39.6. The van der Waals surface area contributed by atoms with E-state index in [9.17, 15) is 14.7 Å². The first-order valence-corrected chi connectivity index (χ1v) is 17.2. The number of aromatic nitrogens is 2. The van der Waals surface area contributed by atoms with E-state index in [2.05, 4.69) is 30.1 Å². The lowest BCUT2D eigenvalue weighted by molar-refractivity contribution is -0.124. The zero-order valence-electron chi connectivity index (χ0n) is 28.1. The summed E-state index contributed by atoms with van der Waals surface area (Å²) in [5.74, 6) is 3.19. The third-order valence-corrected chi connectivity index (χ3v) is 10.2. The number of carbonyl (C=O) groups is 2. The van der Waals surface area contributed by atoms with Crippen molar-refractivity contribution in [2.45, 2.75) is 96.2 Å². The van der Waals surface area contributed by atoms with E-state index in [0.29, 0.717) is 68.9 Å². The minimum atomic E-state index is -0.461. The van der Waals surface area contributed by atoms with Crippen molar-refractivity contribution in [3.63, 3.8) is 0 Å². The monoisotopic (exact) mass is 644 g/mol. The quantitative estimate of drug-likeness (QED) is 0.269. The van der Waals surface area contributed by atoms with E-state index in [1.54, 1.807) is 19.6 Å². The number of rotatable bonds is 9. The highest BCUT2D eigenvalue weighted by Crippen LogP contribution is 2.39. The van der Waals surface area contributed by atoms with E-state index in [-0.39, 0.29) is 29.9 Å². The van der Waals surface area contributed by atoms with Crippen molar-refractivity contribution in [3.8, 4) is 17.0 Å². The molecule has 2 aliphatic carbocycles. The van der Waals surface area contributed by atoms with E-state index in [1.165, 1.54) is 10.5 Å². The number of amides is 2. The number of nitrogens with zero attached hydrogens (tertiary/aromatic N) is 4. The van der Waals surface area contributed by atoms with Crippen molar-refractivity contribution in [3.05, 3.63) is 59.8 Å². The highest BCUT2D eigenvalue weighted by Gasteiger charge is 2.36. The molecule has 0 atom stereocenters. The van der Waals surface area contributed by atoms with Crippen molar-refractivity contribution in [2.75, 3.05) is 31.6 Å². The summed E-state index contributed by atoms with van der Waals surface area (Å²) in [5.41, 5.74) is 4.12. The molecule has 252 valence electrons. The number of carbonyl (C=O) groups excluding carboxylic acids is 2.